The zero-order chi connectivity index (χ0) is 54.8. The smallest absolute Gasteiger partial charge is 0.306 e. The summed E-state index contributed by atoms with van der Waals surface area (Å²) in [7, 11) is 0. The molecule has 76 heavy (non-hydrogen) atoms. The van der Waals surface area contributed by atoms with Gasteiger partial charge in [0.05, 0.1) is 6.61 Å². The summed E-state index contributed by atoms with van der Waals surface area (Å²) in [6.07, 6.45) is 98.3. The summed E-state index contributed by atoms with van der Waals surface area (Å²) in [5, 5.41) is 9.68. The lowest BCUT2D eigenvalue weighted by atomic mass is 10.0. The average molecular weight is 1050 g/mol. The molecule has 0 aromatic carbocycles. The Hall–Kier alpha value is -4.22. The van der Waals surface area contributed by atoms with Crippen LogP contribution in [0.2, 0.25) is 0 Å². The number of hydrogen-bond donors (Lipinski definition) is 1. The number of ether oxygens (including phenoxy) is 2. The molecule has 1 unspecified atom stereocenters. The van der Waals surface area contributed by atoms with Gasteiger partial charge in [0.25, 0.3) is 0 Å². The fraction of sp³-hybridized carbons (Fsp3) is 0.634. The molecular weight excluding hydrogens is 933 g/mol. The second-order valence-electron chi connectivity index (χ2n) is 20.4. The molecule has 0 heterocycles. The molecule has 0 aliphatic heterocycles. The SMILES string of the molecule is CC/C=C\C/C=C\C/C=C\C/C=C\C/C=C\C/C=C\C/C=C\C/C=C\C/C=C\C/C=C\CCCCCCCCC(=O)OC(CO)COC(=O)CCCCCCCCCCCCCCC/C=C\C/C=C\CCCCCCC. The summed E-state index contributed by atoms with van der Waals surface area (Å²) in [5.74, 6) is -0.612. The van der Waals surface area contributed by atoms with E-state index in [0.717, 1.165) is 116 Å². The molecule has 0 amide bonds. The summed E-state index contributed by atoms with van der Waals surface area (Å²) in [6.45, 7) is 4.01. The third-order valence-corrected chi connectivity index (χ3v) is 13.1. The van der Waals surface area contributed by atoms with E-state index in [1.807, 2.05) is 0 Å². The predicted octanol–water partition coefficient (Wildman–Crippen LogP) is 21.8. The molecule has 1 N–H and O–H groups in total. The minimum Gasteiger partial charge on any atom is -0.462 e. The molecule has 0 spiro atoms. The molecule has 0 aromatic rings. The molecule has 0 bridgehead atoms. The van der Waals surface area contributed by atoms with Crippen molar-refractivity contribution in [2.75, 3.05) is 13.2 Å². The van der Waals surface area contributed by atoms with Crippen molar-refractivity contribution in [3.05, 3.63) is 146 Å². The number of rotatable bonds is 56. The fourth-order valence-electron chi connectivity index (χ4n) is 8.44. The Kier molecular flexibility index (Phi) is 61.5. The lowest BCUT2D eigenvalue weighted by Gasteiger charge is -2.15. The maximum Gasteiger partial charge on any atom is 0.306 e. The maximum atomic E-state index is 12.3. The summed E-state index contributed by atoms with van der Waals surface area (Å²) >= 11 is 0. The number of carbonyl (C=O) groups excluding carboxylic acids is 2. The van der Waals surface area contributed by atoms with Crippen LogP contribution in [0.3, 0.4) is 0 Å². The van der Waals surface area contributed by atoms with Crippen LogP contribution in [0.25, 0.3) is 0 Å². The van der Waals surface area contributed by atoms with Crippen molar-refractivity contribution in [2.24, 2.45) is 0 Å². The van der Waals surface area contributed by atoms with Crippen LogP contribution in [-0.4, -0.2) is 36.4 Å². The molecule has 0 fully saturated rings. The van der Waals surface area contributed by atoms with Crippen molar-refractivity contribution in [1.82, 2.24) is 0 Å². The first-order chi connectivity index (χ1) is 37.6. The zero-order valence-electron chi connectivity index (χ0n) is 49.2. The Morgan fingerprint density at radius 3 is 0.855 bits per heavy atom. The Bertz CT molecular complexity index is 1610. The molecule has 0 aliphatic carbocycles. The standard InChI is InChI=1S/C71H116O5/c1-3-5-7-9-11-13-15-17-19-21-23-25-27-29-30-31-32-33-34-35-36-37-38-39-40-42-44-46-48-50-52-54-56-58-60-62-64-66-71(74)76-69(67-72)68-75-70(73)65-63-61-59-57-55-53-51-49-47-45-43-41-28-26-24-22-20-18-16-14-12-10-8-6-4-2/h5,7,11,13,16-19,22-25,29-30,32-33,35-36,38-39,42,44,48,50,69,72H,3-4,6,8-10,12,14-15,20-21,26-28,31,34,37,40-41,43,45-47,49,51-68H2,1-2H3/b7-5-,13-11-,18-16-,19-17-,24-22-,25-23-,30-29-,33-32-,36-35-,39-38-,44-42-,50-48-. The largest absolute Gasteiger partial charge is 0.462 e. The topological polar surface area (TPSA) is 72.8 Å². The number of esters is 2. The predicted molar refractivity (Wildman–Crippen MR) is 334 cm³/mol. The summed E-state index contributed by atoms with van der Waals surface area (Å²) in [6, 6.07) is 0. The summed E-state index contributed by atoms with van der Waals surface area (Å²) < 4.78 is 10.7. The van der Waals surface area contributed by atoms with Gasteiger partial charge in [-0.2, -0.15) is 0 Å². The van der Waals surface area contributed by atoms with Gasteiger partial charge in [0, 0.05) is 12.8 Å². The van der Waals surface area contributed by atoms with E-state index >= 15 is 0 Å². The van der Waals surface area contributed by atoms with E-state index in [2.05, 4.69) is 160 Å². The summed E-state index contributed by atoms with van der Waals surface area (Å²) in [5.41, 5.74) is 0. The van der Waals surface area contributed by atoms with E-state index < -0.39 is 6.10 Å². The monoisotopic (exact) mass is 1050 g/mol. The van der Waals surface area contributed by atoms with E-state index in [1.54, 1.807) is 0 Å². The molecule has 5 heteroatoms. The van der Waals surface area contributed by atoms with Gasteiger partial charge in [-0.15, -0.1) is 0 Å². The van der Waals surface area contributed by atoms with Crippen molar-refractivity contribution < 1.29 is 24.2 Å². The van der Waals surface area contributed by atoms with Crippen molar-refractivity contribution in [3.8, 4) is 0 Å². The van der Waals surface area contributed by atoms with Crippen LogP contribution in [0.1, 0.15) is 271 Å². The number of allylic oxidation sites excluding steroid dienone is 24. The Morgan fingerprint density at radius 1 is 0.316 bits per heavy atom. The van der Waals surface area contributed by atoms with E-state index in [-0.39, 0.29) is 25.2 Å². The Morgan fingerprint density at radius 2 is 0.566 bits per heavy atom. The second-order valence-corrected chi connectivity index (χ2v) is 20.4. The maximum absolute atomic E-state index is 12.3. The normalized spacial score (nSPS) is 13.2. The Balaban J connectivity index is 3.60. The third-order valence-electron chi connectivity index (χ3n) is 13.1. The minimum atomic E-state index is -0.792. The molecule has 430 valence electrons. The van der Waals surface area contributed by atoms with Crippen LogP contribution in [0.4, 0.5) is 0 Å². The second kappa shape index (κ2) is 65.1. The lowest BCUT2D eigenvalue weighted by molar-refractivity contribution is -0.161. The van der Waals surface area contributed by atoms with E-state index in [4.69, 9.17) is 9.47 Å². The number of aliphatic hydroxyl groups is 1. The van der Waals surface area contributed by atoms with Crippen LogP contribution in [-0.2, 0) is 19.1 Å². The van der Waals surface area contributed by atoms with Crippen molar-refractivity contribution >= 4 is 11.9 Å². The molecule has 0 aliphatic rings. The first-order valence-electron chi connectivity index (χ1n) is 31.4. The molecule has 0 saturated heterocycles. The number of carbonyl (C=O) groups is 2. The van der Waals surface area contributed by atoms with Crippen LogP contribution in [0, 0.1) is 0 Å². The van der Waals surface area contributed by atoms with Crippen LogP contribution in [0.5, 0.6) is 0 Å². The first kappa shape index (κ1) is 71.8. The van der Waals surface area contributed by atoms with Gasteiger partial charge >= 0.3 is 11.9 Å². The van der Waals surface area contributed by atoms with E-state index in [0.29, 0.717) is 12.8 Å². The molecule has 0 saturated carbocycles. The Labute approximate surface area is 469 Å². The minimum absolute atomic E-state index is 0.0797. The quantitative estimate of drug-likeness (QED) is 0.0373. The lowest BCUT2D eigenvalue weighted by Crippen LogP contribution is -2.28. The van der Waals surface area contributed by atoms with Gasteiger partial charge < -0.3 is 14.6 Å². The van der Waals surface area contributed by atoms with Crippen LogP contribution >= 0.6 is 0 Å². The van der Waals surface area contributed by atoms with Gasteiger partial charge in [0.1, 0.15) is 6.61 Å². The van der Waals surface area contributed by atoms with Crippen LogP contribution in [0.15, 0.2) is 146 Å². The van der Waals surface area contributed by atoms with Gasteiger partial charge in [-0.1, -0.05) is 282 Å². The molecular formula is C71H116O5. The number of unbranched alkanes of at least 4 members (excludes halogenated alkanes) is 24. The van der Waals surface area contributed by atoms with Gasteiger partial charge in [-0.3, -0.25) is 9.59 Å². The van der Waals surface area contributed by atoms with Crippen LogP contribution < -0.4 is 0 Å². The van der Waals surface area contributed by atoms with E-state index in [9.17, 15) is 14.7 Å². The number of aliphatic hydroxyl groups excluding tert-OH is 1. The van der Waals surface area contributed by atoms with Gasteiger partial charge in [-0.25, -0.2) is 0 Å². The van der Waals surface area contributed by atoms with Crippen molar-refractivity contribution in [1.29, 1.82) is 0 Å². The molecule has 0 aromatic heterocycles. The van der Waals surface area contributed by atoms with Gasteiger partial charge in [0.15, 0.2) is 6.10 Å². The fourth-order valence-corrected chi connectivity index (χ4v) is 8.44. The highest BCUT2D eigenvalue weighted by atomic mass is 16.6. The third kappa shape index (κ3) is 62.3. The molecule has 1 atom stereocenters. The van der Waals surface area contributed by atoms with Gasteiger partial charge in [-0.05, 0) is 122 Å². The molecule has 5 nitrogen and oxygen atoms in total. The highest BCUT2D eigenvalue weighted by Gasteiger charge is 2.16. The highest BCUT2D eigenvalue weighted by molar-refractivity contribution is 5.70. The summed E-state index contributed by atoms with van der Waals surface area (Å²) in [4.78, 5) is 24.6. The van der Waals surface area contributed by atoms with Crippen molar-refractivity contribution in [2.45, 2.75) is 277 Å². The average Bonchev–Trinajstić information content (AvgIpc) is 3.42. The van der Waals surface area contributed by atoms with Crippen molar-refractivity contribution in [3.63, 3.8) is 0 Å². The number of hydrogen-bond acceptors (Lipinski definition) is 5. The van der Waals surface area contributed by atoms with E-state index in [1.165, 1.54) is 128 Å². The highest BCUT2D eigenvalue weighted by Crippen LogP contribution is 2.15. The molecule has 0 rings (SSSR count). The molecule has 0 radical (unpaired) electrons. The zero-order valence-corrected chi connectivity index (χ0v) is 49.2. The van der Waals surface area contributed by atoms with Gasteiger partial charge in [0.2, 0.25) is 0 Å². The first-order valence-corrected chi connectivity index (χ1v) is 31.4.